The number of aliphatic imine (C=N–C) groups is 1. The minimum Gasteiger partial charge on any atom is -0.356 e. The van der Waals surface area contributed by atoms with Crippen LogP contribution in [-0.2, 0) is 13.1 Å². The van der Waals surface area contributed by atoms with Gasteiger partial charge < -0.3 is 10.6 Å². The van der Waals surface area contributed by atoms with E-state index in [1.54, 1.807) is 0 Å². The highest BCUT2D eigenvalue weighted by molar-refractivity contribution is 14.0. The molecule has 1 aliphatic rings. The molecule has 2 aromatic rings. The van der Waals surface area contributed by atoms with E-state index < -0.39 is 0 Å². The van der Waals surface area contributed by atoms with Gasteiger partial charge in [-0.05, 0) is 25.8 Å². The van der Waals surface area contributed by atoms with Crippen LogP contribution in [0.4, 0.5) is 0 Å². The highest BCUT2D eigenvalue weighted by Crippen LogP contribution is 2.14. The minimum absolute atomic E-state index is 0. The average molecular weight is 425 g/mol. The van der Waals surface area contributed by atoms with Gasteiger partial charge in [0.15, 0.2) is 5.96 Å². The molecule has 1 aliphatic heterocycles. The Morgan fingerprint density at radius 2 is 2.00 bits per heavy atom. The van der Waals surface area contributed by atoms with E-state index in [1.165, 1.54) is 16.8 Å². The monoisotopic (exact) mass is 425 g/mol. The predicted molar refractivity (Wildman–Crippen MR) is 104 cm³/mol. The van der Waals surface area contributed by atoms with Crippen LogP contribution in [0.25, 0.3) is 0 Å². The zero-order chi connectivity index (χ0) is 15.4. The molecule has 23 heavy (non-hydrogen) atoms. The van der Waals surface area contributed by atoms with Crippen LogP contribution in [0, 0.1) is 13.8 Å². The fourth-order valence-electron chi connectivity index (χ4n) is 2.72. The Morgan fingerprint density at radius 3 is 2.70 bits per heavy atom. The molecule has 0 fully saturated rings. The van der Waals surface area contributed by atoms with Crippen LogP contribution in [0.3, 0.4) is 0 Å². The van der Waals surface area contributed by atoms with E-state index in [-0.39, 0.29) is 24.0 Å². The molecule has 1 aromatic carbocycles. The number of nitrogens with one attached hydrogen (secondary N) is 2. The van der Waals surface area contributed by atoms with Crippen molar-refractivity contribution in [2.75, 3.05) is 13.1 Å². The summed E-state index contributed by atoms with van der Waals surface area (Å²) in [4.78, 5) is 4.45. The van der Waals surface area contributed by atoms with Gasteiger partial charge in [-0.3, -0.25) is 9.67 Å². The van der Waals surface area contributed by atoms with Crippen molar-refractivity contribution in [2.45, 2.75) is 33.4 Å². The fourth-order valence-corrected chi connectivity index (χ4v) is 2.72. The predicted octanol–water partition coefficient (Wildman–Crippen LogP) is 2.61. The summed E-state index contributed by atoms with van der Waals surface area (Å²) in [5.74, 6) is 0.904. The van der Waals surface area contributed by atoms with Gasteiger partial charge >= 0.3 is 0 Å². The molecule has 0 saturated heterocycles. The smallest absolute Gasteiger partial charge is 0.191 e. The van der Waals surface area contributed by atoms with E-state index in [9.17, 15) is 0 Å². The number of hydrogen-bond acceptors (Lipinski definition) is 4. The molecule has 3 rings (SSSR count). The molecule has 0 aliphatic carbocycles. The molecule has 6 heteroatoms. The summed E-state index contributed by atoms with van der Waals surface area (Å²) in [6.45, 7) is 7.68. The fraction of sp³-hybridized carbons (Fsp3) is 0.412. The molecule has 0 saturated carbocycles. The van der Waals surface area contributed by atoms with Crippen LogP contribution in [0.5, 0.6) is 0 Å². The van der Waals surface area contributed by atoms with Crippen LogP contribution >= 0.6 is 24.0 Å². The third kappa shape index (κ3) is 4.46. The van der Waals surface area contributed by atoms with Crippen LogP contribution in [0.2, 0.25) is 0 Å². The third-order valence-electron chi connectivity index (χ3n) is 4.04. The molecular formula is C17H24IN5. The zero-order valence-corrected chi connectivity index (χ0v) is 16.0. The SMILES string of the molecule is Cc1nn(Cc2ccccc2)c(C)c1CNC1=NCCCN1.I. The number of hydrogen-bond donors (Lipinski definition) is 2. The van der Waals surface area contributed by atoms with Crippen molar-refractivity contribution >= 4 is 29.9 Å². The Balaban J connectivity index is 0.00000192. The van der Waals surface area contributed by atoms with E-state index >= 15 is 0 Å². The van der Waals surface area contributed by atoms with Crippen LogP contribution in [0.1, 0.15) is 28.9 Å². The summed E-state index contributed by atoms with van der Waals surface area (Å²) >= 11 is 0. The van der Waals surface area contributed by atoms with Gasteiger partial charge in [0.1, 0.15) is 0 Å². The first-order chi connectivity index (χ1) is 10.7. The van der Waals surface area contributed by atoms with Crippen molar-refractivity contribution in [1.82, 2.24) is 20.4 Å². The summed E-state index contributed by atoms with van der Waals surface area (Å²) in [7, 11) is 0. The number of nitrogens with zero attached hydrogens (tertiary/aromatic N) is 3. The molecule has 1 aromatic heterocycles. The second-order valence-corrected chi connectivity index (χ2v) is 5.66. The zero-order valence-electron chi connectivity index (χ0n) is 13.7. The number of guanidine groups is 1. The second kappa shape index (κ2) is 8.33. The first-order valence-corrected chi connectivity index (χ1v) is 7.83. The molecule has 0 amide bonds. The lowest BCUT2D eigenvalue weighted by Gasteiger charge is -2.16. The van der Waals surface area contributed by atoms with Crippen molar-refractivity contribution in [3.63, 3.8) is 0 Å². The third-order valence-corrected chi connectivity index (χ3v) is 4.04. The van der Waals surface area contributed by atoms with Crippen LogP contribution < -0.4 is 10.6 Å². The summed E-state index contributed by atoms with van der Waals surface area (Å²) < 4.78 is 2.08. The van der Waals surface area contributed by atoms with Crippen molar-refractivity contribution in [3.8, 4) is 0 Å². The topological polar surface area (TPSA) is 54.2 Å². The number of aromatic nitrogens is 2. The van der Waals surface area contributed by atoms with Crippen molar-refractivity contribution in [2.24, 2.45) is 4.99 Å². The lowest BCUT2D eigenvalue weighted by Crippen LogP contribution is -2.40. The lowest BCUT2D eigenvalue weighted by molar-refractivity contribution is 0.657. The Hall–Kier alpha value is -1.57. The molecule has 0 bridgehead atoms. The minimum atomic E-state index is 0. The van der Waals surface area contributed by atoms with E-state index in [1.807, 2.05) is 6.07 Å². The van der Waals surface area contributed by atoms with E-state index in [0.29, 0.717) is 0 Å². The molecule has 2 heterocycles. The largest absolute Gasteiger partial charge is 0.356 e. The van der Waals surface area contributed by atoms with Gasteiger partial charge in [0, 0.05) is 30.9 Å². The molecule has 0 atom stereocenters. The van der Waals surface area contributed by atoms with Gasteiger partial charge in [-0.15, -0.1) is 24.0 Å². The molecular weight excluding hydrogens is 401 g/mol. The molecule has 2 N–H and O–H groups in total. The Bertz CT molecular complexity index is 663. The quantitative estimate of drug-likeness (QED) is 0.741. The summed E-state index contributed by atoms with van der Waals surface area (Å²) in [5, 5.41) is 11.4. The van der Waals surface area contributed by atoms with Gasteiger partial charge in [-0.25, -0.2) is 0 Å². The van der Waals surface area contributed by atoms with Crippen molar-refractivity contribution in [3.05, 3.63) is 52.8 Å². The summed E-state index contributed by atoms with van der Waals surface area (Å²) in [6, 6.07) is 10.4. The number of aryl methyl sites for hydroxylation is 1. The van der Waals surface area contributed by atoms with E-state index in [4.69, 9.17) is 0 Å². The van der Waals surface area contributed by atoms with Gasteiger partial charge in [0.2, 0.25) is 0 Å². The lowest BCUT2D eigenvalue weighted by atomic mass is 10.2. The van der Waals surface area contributed by atoms with E-state index in [0.717, 1.165) is 44.3 Å². The number of halogens is 1. The molecule has 124 valence electrons. The highest BCUT2D eigenvalue weighted by atomic mass is 127. The highest BCUT2D eigenvalue weighted by Gasteiger charge is 2.12. The maximum absolute atomic E-state index is 4.69. The second-order valence-electron chi connectivity index (χ2n) is 5.66. The molecule has 0 unspecified atom stereocenters. The molecule has 5 nitrogen and oxygen atoms in total. The maximum atomic E-state index is 4.69. The normalized spacial score (nSPS) is 13.7. The Morgan fingerprint density at radius 1 is 1.22 bits per heavy atom. The van der Waals surface area contributed by atoms with E-state index in [2.05, 4.69) is 63.5 Å². The van der Waals surface area contributed by atoms with Crippen LogP contribution in [-0.4, -0.2) is 28.8 Å². The van der Waals surface area contributed by atoms with Gasteiger partial charge in [-0.1, -0.05) is 30.3 Å². The van der Waals surface area contributed by atoms with Gasteiger partial charge in [0.05, 0.1) is 12.2 Å². The first kappa shape index (κ1) is 17.8. The maximum Gasteiger partial charge on any atom is 0.191 e. The Labute approximate surface area is 154 Å². The number of rotatable bonds is 4. The molecule has 0 radical (unpaired) electrons. The van der Waals surface area contributed by atoms with Gasteiger partial charge in [-0.2, -0.15) is 5.10 Å². The first-order valence-electron chi connectivity index (χ1n) is 7.83. The summed E-state index contributed by atoms with van der Waals surface area (Å²) in [6.07, 6.45) is 1.11. The van der Waals surface area contributed by atoms with Gasteiger partial charge in [0.25, 0.3) is 0 Å². The molecule has 0 spiro atoms. The van der Waals surface area contributed by atoms with Crippen molar-refractivity contribution in [1.29, 1.82) is 0 Å². The standard InChI is InChI=1S/C17H23N5.HI/c1-13-16(11-20-17-18-9-6-10-19-17)14(2)22(21-13)12-15-7-4-3-5-8-15;/h3-5,7-8H,6,9-12H2,1-2H3,(H2,18,19,20);1H. The number of benzene rings is 1. The van der Waals surface area contributed by atoms with Crippen LogP contribution in [0.15, 0.2) is 35.3 Å². The Kier molecular flexibility index (Phi) is 6.44. The average Bonchev–Trinajstić information content (AvgIpc) is 2.81. The summed E-state index contributed by atoms with van der Waals surface area (Å²) in [5.41, 5.74) is 4.82. The van der Waals surface area contributed by atoms with Crippen molar-refractivity contribution < 1.29 is 0 Å².